The number of aromatic nitrogens is 4. The van der Waals surface area contributed by atoms with E-state index in [9.17, 15) is 4.79 Å². The predicted molar refractivity (Wildman–Crippen MR) is 100 cm³/mol. The zero-order chi connectivity index (χ0) is 17.7. The van der Waals surface area contributed by atoms with Crippen molar-refractivity contribution in [2.45, 2.75) is 19.4 Å². The summed E-state index contributed by atoms with van der Waals surface area (Å²) in [5, 5.41) is 3.95. The molecule has 1 atom stereocenters. The minimum Gasteiger partial charge on any atom is -0.364 e. The molecule has 0 aliphatic carbocycles. The van der Waals surface area contributed by atoms with Gasteiger partial charge in [0.05, 0.1) is 28.5 Å². The molecule has 128 valence electrons. The molecule has 2 N–H and O–H groups in total. The molecule has 6 heteroatoms. The molecule has 1 aromatic carbocycles. The standard InChI is InChI=1S/C20H17N5O/c1-12-8-17-18(19-21-6-7-25(12)19)15(11-23-17)20(26)24-14-9-13-4-2-3-5-16(13)22-10-14/h2-7,9-12,23H,8H2,1H3,(H,24,26)/t12-/m0/s1. The number of imidazole rings is 1. The lowest BCUT2D eigenvalue weighted by Gasteiger charge is -2.22. The molecule has 6 nitrogen and oxygen atoms in total. The Balaban J connectivity index is 1.51. The first-order chi connectivity index (χ1) is 12.7. The topological polar surface area (TPSA) is 75.6 Å². The van der Waals surface area contributed by atoms with Crippen LogP contribution < -0.4 is 5.32 Å². The SMILES string of the molecule is C[C@H]1Cc2[nH]cc(C(=O)Nc3cnc4ccccc4c3)c2-c2nccn21. The molecular formula is C20H17N5O. The number of rotatable bonds is 2. The fourth-order valence-corrected chi connectivity index (χ4v) is 3.66. The van der Waals surface area contributed by atoms with Gasteiger partial charge in [0.2, 0.25) is 0 Å². The smallest absolute Gasteiger partial charge is 0.258 e. The van der Waals surface area contributed by atoms with Crippen molar-refractivity contribution in [3.63, 3.8) is 0 Å². The third-order valence-electron chi connectivity index (χ3n) is 4.92. The van der Waals surface area contributed by atoms with E-state index in [1.54, 1.807) is 18.6 Å². The van der Waals surface area contributed by atoms with Crippen molar-refractivity contribution in [2.24, 2.45) is 0 Å². The summed E-state index contributed by atoms with van der Waals surface area (Å²) in [7, 11) is 0. The zero-order valence-corrected chi connectivity index (χ0v) is 14.2. The van der Waals surface area contributed by atoms with Gasteiger partial charge in [-0.2, -0.15) is 0 Å². The van der Waals surface area contributed by atoms with E-state index in [0.717, 1.165) is 34.4 Å². The van der Waals surface area contributed by atoms with Gasteiger partial charge in [0, 0.05) is 42.1 Å². The van der Waals surface area contributed by atoms with E-state index in [4.69, 9.17) is 0 Å². The minimum atomic E-state index is -0.163. The number of carbonyl (C=O) groups excluding carboxylic acids is 1. The van der Waals surface area contributed by atoms with Crippen LogP contribution in [0.4, 0.5) is 5.69 Å². The van der Waals surface area contributed by atoms with Crippen LogP contribution >= 0.6 is 0 Å². The van der Waals surface area contributed by atoms with Gasteiger partial charge in [-0.15, -0.1) is 0 Å². The van der Waals surface area contributed by atoms with E-state index in [1.807, 2.05) is 36.5 Å². The van der Waals surface area contributed by atoms with E-state index in [1.165, 1.54) is 0 Å². The summed E-state index contributed by atoms with van der Waals surface area (Å²) in [5.41, 5.74) is 4.13. The zero-order valence-electron chi connectivity index (χ0n) is 14.2. The number of pyridine rings is 1. The van der Waals surface area contributed by atoms with Crippen molar-refractivity contribution < 1.29 is 4.79 Å². The Hall–Kier alpha value is -3.41. The summed E-state index contributed by atoms with van der Waals surface area (Å²) in [5.74, 6) is 0.672. The van der Waals surface area contributed by atoms with Crippen molar-refractivity contribution in [2.75, 3.05) is 5.32 Å². The highest BCUT2D eigenvalue weighted by Gasteiger charge is 2.28. The molecular weight excluding hydrogens is 326 g/mol. The number of anilines is 1. The van der Waals surface area contributed by atoms with Crippen LogP contribution in [0, 0.1) is 0 Å². The Kier molecular flexibility index (Phi) is 3.18. The fourth-order valence-electron chi connectivity index (χ4n) is 3.66. The van der Waals surface area contributed by atoms with E-state index in [2.05, 4.69) is 31.8 Å². The summed E-state index contributed by atoms with van der Waals surface area (Å²) in [6, 6.07) is 10.1. The summed E-state index contributed by atoms with van der Waals surface area (Å²) >= 11 is 0. The van der Waals surface area contributed by atoms with Crippen LogP contribution in [-0.2, 0) is 6.42 Å². The van der Waals surface area contributed by atoms with Crippen LogP contribution in [0.5, 0.6) is 0 Å². The van der Waals surface area contributed by atoms with E-state index < -0.39 is 0 Å². The number of H-pyrrole nitrogens is 1. The Morgan fingerprint density at radius 1 is 1.31 bits per heavy atom. The molecule has 0 saturated heterocycles. The van der Waals surface area contributed by atoms with E-state index in [-0.39, 0.29) is 5.91 Å². The van der Waals surface area contributed by atoms with Crippen molar-refractivity contribution in [1.29, 1.82) is 0 Å². The van der Waals surface area contributed by atoms with Gasteiger partial charge in [-0.1, -0.05) is 18.2 Å². The molecule has 4 heterocycles. The van der Waals surface area contributed by atoms with Gasteiger partial charge < -0.3 is 14.9 Å². The van der Waals surface area contributed by atoms with E-state index >= 15 is 0 Å². The number of aromatic amines is 1. The van der Waals surface area contributed by atoms with Crippen LogP contribution in [-0.4, -0.2) is 25.4 Å². The average molecular weight is 343 g/mol. The maximum Gasteiger partial charge on any atom is 0.258 e. The highest BCUT2D eigenvalue weighted by Crippen LogP contribution is 2.35. The second-order valence-corrected chi connectivity index (χ2v) is 6.64. The molecule has 3 aromatic heterocycles. The van der Waals surface area contributed by atoms with Crippen LogP contribution in [0.25, 0.3) is 22.3 Å². The largest absolute Gasteiger partial charge is 0.364 e. The number of carbonyl (C=O) groups is 1. The van der Waals surface area contributed by atoms with Gasteiger partial charge in [-0.3, -0.25) is 9.78 Å². The van der Waals surface area contributed by atoms with Gasteiger partial charge in [0.15, 0.2) is 0 Å². The number of benzene rings is 1. The number of amides is 1. The van der Waals surface area contributed by atoms with Crippen molar-refractivity contribution >= 4 is 22.5 Å². The summed E-state index contributed by atoms with van der Waals surface area (Å²) in [6.07, 6.45) is 8.05. The molecule has 0 unspecified atom stereocenters. The Labute approximate surface area is 149 Å². The average Bonchev–Trinajstić information content (AvgIpc) is 3.28. The fraction of sp³-hybridized carbons (Fsp3) is 0.150. The monoisotopic (exact) mass is 343 g/mol. The van der Waals surface area contributed by atoms with Crippen molar-refractivity contribution in [1.82, 2.24) is 19.5 Å². The van der Waals surface area contributed by atoms with E-state index in [0.29, 0.717) is 17.3 Å². The molecule has 26 heavy (non-hydrogen) atoms. The molecule has 5 rings (SSSR count). The van der Waals surface area contributed by atoms with Crippen LogP contribution in [0.15, 0.2) is 55.1 Å². The molecule has 1 aliphatic rings. The lowest BCUT2D eigenvalue weighted by Crippen LogP contribution is -2.18. The second-order valence-electron chi connectivity index (χ2n) is 6.64. The van der Waals surface area contributed by atoms with Gasteiger partial charge in [0.1, 0.15) is 5.82 Å². The Bertz CT molecular complexity index is 1140. The second kappa shape index (κ2) is 5.56. The third-order valence-corrected chi connectivity index (χ3v) is 4.92. The number of hydrogen-bond donors (Lipinski definition) is 2. The molecule has 0 spiro atoms. The minimum absolute atomic E-state index is 0.163. The number of nitrogens with one attached hydrogen (secondary N) is 2. The number of nitrogens with zero attached hydrogens (tertiary/aromatic N) is 3. The van der Waals surface area contributed by atoms with Crippen LogP contribution in [0.2, 0.25) is 0 Å². The van der Waals surface area contributed by atoms with Gasteiger partial charge in [-0.05, 0) is 19.1 Å². The number of para-hydroxylation sites is 1. The van der Waals surface area contributed by atoms with Crippen LogP contribution in [0.1, 0.15) is 29.0 Å². The van der Waals surface area contributed by atoms with Gasteiger partial charge >= 0.3 is 0 Å². The summed E-state index contributed by atoms with van der Waals surface area (Å²) < 4.78 is 2.12. The Morgan fingerprint density at radius 2 is 2.19 bits per heavy atom. The molecule has 0 saturated carbocycles. The maximum absolute atomic E-state index is 12.9. The highest BCUT2D eigenvalue weighted by molar-refractivity contribution is 6.09. The molecule has 0 bridgehead atoms. The molecule has 0 radical (unpaired) electrons. The first-order valence-corrected chi connectivity index (χ1v) is 8.60. The Morgan fingerprint density at radius 3 is 3.12 bits per heavy atom. The number of fused-ring (bicyclic) bond motifs is 4. The van der Waals surface area contributed by atoms with Crippen LogP contribution in [0.3, 0.4) is 0 Å². The first kappa shape index (κ1) is 14.9. The first-order valence-electron chi connectivity index (χ1n) is 8.60. The van der Waals surface area contributed by atoms with Gasteiger partial charge in [0.25, 0.3) is 5.91 Å². The quantitative estimate of drug-likeness (QED) is 0.581. The lowest BCUT2D eigenvalue weighted by atomic mass is 10.0. The van der Waals surface area contributed by atoms with Gasteiger partial charge in [-0.25, -0.2) is 4.98 Å². The molecule has 0 fully saturated rings. The summed E-state index contributed by atoms with van der Waals surface area (Å²) in [6.45, 7) is 2.15. The highest BCUT2D eigenvalue weighted by atomic mass is 16.1. The molecule has 4 aromatic rings. The third kappa shape index (κ3) is 2.23. The molecule has 1 amide bonds. The maximum atomic E-state index is 12.9. The number of hydrogen-bond acceptors (Lipinski definition) is 3. The summed E-state index contributed by atoms with van der Waals surface area (Å²) in [4.78, 5) is 25.0. The van der Waals surface area contributed by atoms with Crippen molar-refractivity contribution in [3.8, 4) is 11.4 Å². The molecule has 1 aliphatic heterocycles. The normalized spacial score (nSPS) is 15.5. The van der Waals surface area contributed by atoms with Crippen molar-refractivity contribution in [3.05, 3.63) is 66.4 Å². The predicted octanol–water partition coefficient (Wildman–Crippen LogP) is 3.80. The lowest BCUT2D eigenvalue weighted by molar-refractivity contribution is 0.102.